The number of hydrogen-bond donors (Lipinski definition) is 2. The Morgan fingerprint density at radius 3 is 2.73 bits per heavy atom. The molecule has 2 aromatic rings. The maximum absolute atomic E-state index is 10.7. The number of aromatic hydroxyl groups is 1. The van der Waals surface area contributed by atoms with Gasteiger partial charge in [0.15, 0.2) is 11.5 Å². The monoisotopic (exact) mass is 321 g/mol. The molecule has 0 radical (unpaired) electrons. The highest BCUT2D eigenvalue weighted by Gasteiger charge is 2.28. The largest absolute Gasteiger partial charge is 0.504 e. The van der Waals surface area contributed by atoms with Gasteiger partial charge in [-0.15, -0.1) is 0 Å². The van der Waals surface area contributed by atoms with E-state index in [-0.39, 0.29) is 11.9 Å². The third-order valence-corrected chi connectivity index (χ3v) is 4.16. The van der Waals surface area contributed by atoms with Crippen LogP contribution in [0.25, 0.3) is 11.1 Å². The van der Waals surface area contributed by atoms with E-state index < -0.39 is 0 Å². The Bertz CT molecular complexity index is 655. The van der Waals surface area contributed by atoms with Gasteiger partial charge in [-0.2, -0.15) is 0 Å². The molecule has 22 heavy (non-hydrogen) atoms. The van der Waals surface area contributed by atoms with E-state index in [4.69, 9.17) is 20.8 Å². The first-order chi connectivity index (χ1) is 10.6. The molecule has 1 unspecified atom stereocenters. The predicted molar refractivity (Wildman–Crippen MR) is 87.6 cm³/mol. The first kappa shape index (κ1) is 15.3. The Kier molecular flexibility index (Phi) is 4.32. The van der Waals surface area contributed by atoms with Crippen LogP contribution in [0.3, 0.4) is 0 Å². The molecule has 118 valence electrons. The van der Waals surface area contributed by atoms with Crippen LogP contribution >= 0.6 is 11.6 Å². The van der Waals surface area contributed by atoms with Crippen molar-refractivity contribution in [2.75, 3.05) is 19.0 Å². The fourth-order valence-corrected chi connectivity index (χ4v) is 3.22. The lowest BCUT2D eigenvalue weighted by atomic mass is 10.0. The van der Waals surface area contributed by atoms with Crippen molar-refractivity contribution in [1.82, 2.24) is 0 Å². The van der Waals surface area contributed by atoms with Crippen LogP contribution in [-0.2, 0) is 4.74 Å². The maximum atomic E-state index is 10.7. The van der Waals surface area contributed by atoms with Gasteiger partial charge in [0.25, 0.3) is 0 Å². The molecular weight excluding hydrogens is 302 g/mol. The predicted octanol–water partition coefficient (Wildman–Crippen LogP) is 4.90. The van der Waals surface area contributed by atoms with Gasteiger partial charge in [0, 0.05) is 18.7 Å². The molecule has 3 rings (SSSR count). The lowest BCUT2D eigenvalue weighted by molar-refractivity contribution is 0.000677. The average Bonchev–Trinajstić information content (AvgIpc) is 2.84. The fraction of sp³-hybridized carbons (Fsp3) is 0.412. The molecule has 0 spiro atoms. The minimum atomic E-state index is -0.185. The van der Waals surface area contributed by atoms with Gasteiger partial charge in [-0.1, -0.05) is 17.7 Å². The molecule has 1 atom stereocenters. The standard InChI is InChI=1S/C17H20ClNO3/c1-10-7-11(9-12(18)8-10)14-15(20)16(22-17(14)19-2)13-5-3-4-6-21-13/h7-9,13,19-20H,3-6H2,1-2H3. The number of halogens is 1. The Labute approximate surface area is 135 Å². The zero-order valence-corrected chi connectivity index (χ0v) is 13.5. The van der Waals surface area contributed by atoms with Gasteiger partial charge < -0.3 is 19.6 Å². The van der Waals surface area contributed by atoms with Gasteiger partial charge in [0.1, 0.15) is 6.10 Å². The Hall–Kier alpha value is -1.65. The number of anilines is 1. The van der Waals surface area contributed by atoms with Crippen LogP contribution in [0.2, 0.25) is 5.02 Å². The molecule has 0 saturated carbocycles. The normalized spacial score (nSPS) is 18.4. The van der Waals surface area contributed by atoms with Crippen LogP contribution in [0, 0.1) is 6.92 Å². The third kappa shape index (κ3) is 2.81. The van der Waals surface area contributed by atoms with Gasteiger partial charge in [-0.25, -0.2) is 0 Å². The van der Waals surface area contributed by atoms with Crippen molar-refractivity contribution in [3.05, 3.63) is 34.5 Å². The van der Waals surface area contributed by atoms with Crippen LogP contribution in [0.4, 0.5) is 5.88 Å². The van der Waals surface area contributed by atoms with E-state index in [0.29, 0.717) is 28.8 Å². The van der Waals surface area contributed by atoms with Crippen molar-refractivity contribution in [2.45, 2.75) is 32.3 Å². The smallest absolute Gasteiger partial charge is 0.204 e. The molecule has 0 aliphatic carbocycles. The zero-order valence-electron chi connectivity index (χ0n) is 12.8. The Balaban J connectivity index is 2.08. The van der Waals surface area contributed by atoms with Gasteiger partial charge in [0.05, 0.1) is 5.56 Å². The summed E-state index contributed by atoms with van der Waals surface area (Å²) in [4.78, 5) is 0. The summed E-state index contributed by atoms with van der Waals surface area (Å²) in [6.07, 6.45) is 2.80. The molecule has 1 aromatic heterocycles. The van der Waals surface area contributed by atoms with E-state index in [0.717, 1.165) is 30.4 Å². The first-order valence-corrected chi connectivity index (χ1v) is 7.90. The summed E-state index contributed by atoms with van der Waals surface area (Å²) in [5.41, 5.74) is 2.50. The molecule has 1 fully saturated rings. The summed E-state index contributed by atoms with van der Waals surface area (Å²) in [5, 5.41) is 14.3. The number of rotatable bonds is 3. The molecule has 1 aliphatic heterocycles. The average molecular weight is 322 g/mol. The van der Waals surface area contributed by atoms with Crippen molar-refractivity contribution in [2.24, 2.45) is 0 Å². The van der Waals surface area contributed by atoms with Crippen molar-refractivity contribution >= 4 is 17.5 Å². The van der Waals surface area contributed by atoms with Crippen LogP contribution in [0.5, 0.6) is 5.75 Å². The summed E-state index contributed by atoms with van der Waals surface area (Å²) in [6, 6.07) is 5.68. The lowest BCUT2D eigenvalue weighted by Gasteiger charge is -2.20. The number of hydrogen-bond acceptors (Lipinski definition) is 4. The van der Waals surface area contributed by atoms with E-state index in [1.54, 1.807) is 7.05 Å². The summed E-state index contributed by atoms with van der Waals surface area (Å²) in [6.45, 7) is 2.67. The lowest BCUT2D eigenvalue weighted by Crippen LogP contribution is -2.10. The molecule has 1 aliphatic rings. The molecule has 1 saturated heterocycles. The van der Waals surface area contributed by atoms with E-state index in [1.807, 2.05) is 25.1 Å². The molecule has 0 bridgehead atoms. The fourth-order valence-electron chi connectivity index (χ4n) is 2.93. The Morgan fingerprint density at radius 2 is 2.09 bits per heavy atom. The summed E-state index contributed by atoms with van der Waals surface area (Å²) in [5.74, 6) is 1.16. The zero-order chi connectivity index (χ0) is 15.7. The molecule has 5 heteroatoms. The molecule has 0 amide bonds. The summed E-state index contributed by atoms with van der Waals surface area (Å²) < 4.78 is 11.6. The van der Waals surface area contributed by atoms with Crippen molar-refractivity contribution < 1.29 is 14.3 Å². The first-order valence-electron chi connectivity index (χ1n) is 7.52. The van der Waals surface area contributed by atoms with E-state index in [2.05, 4.69) is 5.32 Å². The molecule has 2 N–H and O–H groups in total. The van der Waals surface area contributed by atoms with Gasteiger partial charge in [0.2, 0.25) is 5.88 Å². The van der Waals surface area contributed by atoms with Crippen molar-refractivity contribution in [1.29, 1.82) is 0 Å². The Morgan fingerprint density at radius 1 is 1.27 bits per heavy atom. The summed E-state index contributed by atoms with van der Waals surface area (Å²) in [7, 11) is 1.77. The molecular formula is C17H20ClNO3. The second kappa shape index (κ2) is 6.23. The van der Waals surface area contributed by atoms with E-state index in [9.17, 15) is 5.11 Å². The highest BCUT2D eigenvalue weighted by molar-refractivity contribution is 6.31. The second-order valence-electron chi connectivity index (χ2n) is 5.64. The van der Waals surface area contributed by atoms with Gasteiger partial charge in [-0.05, 0) is 49.4 Å². The quantitative estimate of drug-likeness (QED) is 0.844. The number of benzene rings is 1. The van der Waals surface area contributed by atoms with Gasteiger partial charge in [-0.3, -0.25) is 0 Å². The highest BCUT2D eigenvalue weighted by Crippen LogP contribution is 2.46. The molecule has 1 aromatic carbocycles. The minimum Gasteiger partial charge on any atom is -0.504 e. The third-order valence-electron chi connectivity index (χ3n) is 3.94. The maximum Gasteiger partial charge on any atom is 0.204 e. The number of ether oxygens (including phenoxy) is 1. The van der Waals surface area contributed by atoms with Crippen LogP contribution in [0.15, 0.2) is 22.6 Å². The van der Waals surface area contributed by atoms with Gasteiger partial charge >= 0.3 is 0 Å². The van der Waals surface area contributed by atoms with Crippen molar-refractivity contribution in [3.8, 4) is 16.9 Å². The SMILES string of the molecule is CNc1oc(C2CCCCO2)c(O)c1-c1cc(C)cc(Cl)c1. The van der Waals surface area contributed by atoms with E-state index >= 15 is 0 Å². The number of nitrogens with one attached hydrogen (secondary N) is 1. The van der Waals surface area contributed by atoms with Crippen LogP contribution in [-0.4, -0.2) is 18.8 Å². The highest BCUT2D eigenvalue weighted by atomic mass is 35.5. The van der Waals surface area contributed by atoms with Crippen LogP contribution < -0.4 is 5.32 Å². The summed E-state index contributed by atoms with van der Waals surface area (Å²) >= 11 is 6.15. The van der Waals surface area contributed by atoms with Crippen molar-refractivity contribution in [3.63, 3.8) is 0 Å². The topological polar surface area (TPSA) is 54.6 Å². The second-order valence-corrected chi connectivity index (χ2v) is 6.08. The minimum absolute atomic E-state index is 0.137. The number of aryl methyl sites for hydroxylation is 1. The number of furan rings is 1. The van der Waals surface area contributed by atoms with Crippen LogP contribution in [0.1, 0.15) is 36.7 Å². The van der Waals surface area contributed by atoms with E-state index in [1.165, 1.54) is 0 Å². The molecule has 4 nitrogen and oxygen atoms in total. The molecule has 2 heterocycles.